The van der Waals surface area contributed by atoms with Gasteiger partial charge in [-0.3, -0.25) is 4.90 Å². The lowest BCUT2D eigenvalue weighted by Gasteiger charge is -2.43. The van der Waals surface area contributed by atoms with Crippen molar-refractivity contribution in [1.82, 2.24) is 10.2 Å². The van der Waals surface area contributed by atoms with Gasteiger partial charge in [0.2, 0.25) is 0 Å². The van der Waals surface area contributed by atoms with Crippen molar-refractivity contribution < 1.29 is 0 Å². The average Bonchev–Trinajstić information content (AvgIpc) is 3.14. The Bertz CT molecular complexity index is 246. The van der Waals surface area contributed by atoms with E-state index in [1.54, 1.807) is 0 Å². The summed E-state index contributed by atoms with van der Waals surface area (Å²) in [7, 11) is 0. The van der Waals surface area contributed by atoms with Crippen LogP contribution >= 0.6 is 0 Å². The van der Waals surface area contributed by atoms with Gasteiger partial charge in [0.15, 0.2) is 0 Å². The Morgan fingerprint density at radius 1 is 1.12 bits per heavy atom. The third-order valence-electron chi connectivity index (χ3n) is 5.01. The molecule has 0 aromatic rings. The first kappa shape index (κ1) is 12.0. The van der Waals surface area contributed by atoms with Crippen LogP contribution in [0.1, 0.15) is 52.4 Å². The van der Waals surface area contributed by atoms with Gasteiger partial charge >= 0.3 is 0 Å². The molecular weight excluding hydrogens is 208 g/mol. The van der Waals surface area contributed by atoms with E-state index in [0.29, 0.717) is 0 Å². The number of hydrogen-bond donors (Lipinski definition) is 1. The van der Waals surface area contributed by atoms with E-state index in [0.717, 1.165) is 36.5 Å². The summed E-state index contributed by atoms with van der Waals surface area (Å²) in [4.78, 5) is 2.88. The van der Waals surface area contributed by atoms with Gasteiger partial charge in [-0.05, 0) is 63.8 Å². The Balaban J connectivity index is 1.59. The molecule has 0 aromatic heterocycles. The summed E-state index contributed by atoms with van der Waals surface area (Å²) in [6, 6.07) is 2.55. The van der Waals surface area contributed by atoms with Crippen LogP contribution in [-0.4, -0.2) is 36.1 Å². The zero-order chi connectivity index (χ0) is 11.8. The molecule has 3 rings (SSSR count). The average molecular weight is 236 g/mol. The lowest BCUT2D eigenvalue weighted by Crippen LogP contribution is -2.52. The molecule has 2 atom stereocenters. The highest BCUT2D eigenvalue weighted by Crippen LogP contribution is 2.48. The second kappa shape index (κ2) is 4.89. The highest BCUT2D eigenvalue weighted by Gasteiger charge is 2.46. The highest BCUT2D eigenvalue weighted by atomic mass is 15.2. The van der Waals surface area contributed by atoms with Gasteiger partial charge in [0.25, 0.3) is 0 Å². The minimum atomic E-state index is 0.783. The van der Waals surface area contributed by atoms with E-state index in [4.69, 9.17) is 0 Å². The molecular formula is C15H28N2. The SMILES string of the molecule is CCNC1CCN(C(C2CC2)C2CC2)C(C)C1. The molecule has 0 amide bonds. The van der Waals surface area contributed by atoms with Crippen molar-refractivity contribution in [1.29, 1.82) is 0 Å². The van der Waals surface area contributed by atoms with Crippen molar-refractivity contribution in [3.63, 3.8) is 0 Å². The zero-order valence-corrected chi connectivity index (χ0v) is 11.5. The zero-order valence-electron chi connectivity index (χ0n) is 11.5. The van der Waals surface area contributed by atoms with Crippen molar-refractivity contribution in [2.24, 2.45) is 11.8 Å². The molecule has 17 heavy (non-hydrogen) atoms. The fourth-order valence-corrected chi connectivity index (χ4v) is 3.91. The van der Waals surface area contributed by atoms with Gasteiger partial charge in [0, 0.05) is 24.7 Å². The fraction of sp³-hybridized carbons (Fsp3) is 1.00. The maximum atomic E-state index is 3.64. The van der Waals surface area contributed by atoms with Crippen LogP contribution in [0.15, 0.2) is 0 Å². The van der Waals surface area contributed by atoms with Gasteiger partial charge in [-0.15, -0.1) is 0 Å². The molecule has 2 unspecified atom stereocenters. The first-order valence-corrected chi connectivity index (χ1v) is 7.78. The van der Waals surface area contributed by atoms with E-state index >= 15 is 0 Å². The molecule has 1 aliphatic heterocycles. The van der Waals surface area contributed by atoms with Crippen LogP contribution in [0, 0.1) is 11.8 Å². The smallest absolute Gasteiger partial charge is 0.0155 e. The Morgan fingerprint density at radius 2 is 1.76 bits per heavy atom. The molecule has 2 nitrogen and oxygen atoms in total. The fourth-order valence-electron chi connectivity index (χ4n) is 3.91. The van der Waals surface area contributed by atoms with Gasteiger partial charge in [0.1, 0.15) is 0 Å². The molecule has 1 heterocycles. The van der Waals surface area contributed by atoms with E-state index in [-0.39, 0.29) is 0 Å². The van der Waals surface area contributed by atoms with Crippen LogP contribution in [0.5, 0.6) is 0 Å². The highest BCUT2D eigenvalue weighted by molar-refractivity contribution is 5.00. The molecule has 0 radical (unpaired) electrons. The number of hydrogen-bond acceptors (Lipinski definition) is 2. The molecule has 3 fully saturated rings. The first-order chi connectivity index (χ1) is 8.29. The molecule has 2 saturated carbocycles. The monoisotopic (exact) mass is 236 g/mol. The molecule has 98 valence electrons. The normalized spacial score (nSPS) is 35.5. The van der Waals surface area contributed by atoms with Gasteiger partial charge in [0.05, 0.1) is 0 Å². The maximum Gasteiger partial charge on any atom is 0.0155 e. The summed E-state index contributed by atoms with van der Waals surface area (Å²) in [6.45, 7) is 7.16. The molecule has 1 saturated heterocycles. The number of likely N-dealkylation sites (tertiary alicyclic amines) is 1. The lowest BCUT2D eigenvalue weighted by molar-refractivity contribution is 0.0653. The third kappa shape index (κ3) is 2.68. The molecule has 0 spiro atoms. The van der Waals surface area contributed by atoms with E-state index in [9.17, 15) is 0 Å². The molecule has 0 bridgehead atoms. The minimum Gasteiger partial charge on any atom is -0.314 e. The summed E-state index contributed by atoms with van der Waals surface area (Å²) in [6.07, 6.45) is 8.79. The van der Waals surface area contributed by atoms with Crippen LogP contribution in [0.25, 0.3) is 0 Å². The number of nitrogens with zero attached hydrogens (tertiary/aromatic N) is 1. The van der Waals surface area contributed by atoms with Gasteiger partial charge < -0.3 is 5.32 Å². The summed E-state index contributed by atoms with van der Waals surface area (Å²) in [5.74, 6) is 2.14. The Kier molecular flexibility index (Phi) is 3.45. The molecule has 3 aliphatic rings. The predicted octanol–water partition coefficient (Wildman–Crippen LogP) is 2.64. The predicted molar refractivity (Wildman–Crippen MR) is 72.1 cm³/mol. The van der Waals surface area contributed by atoms with Crippen molar-refractivity contribution >= 4 is 0 Å². The summed E-state index contributed by atoms with van der Waals surface area (Å²) in [5.41, 5.74) is 0. The maximum absolute atomic E-state index is 3.64. The van der Waals surface area contributed by atoms with Gasteiger partial charge in [-0.1, -0.05) is 6.92 Å². The van der Waals surface area contributed by atoms with Crippen LogP contribution in [0.4, 0.5) is 0 Å². The van der Waals surface area contributed by atoms with Crippen LogP contribution < -0.4 is 5.32 Å². The first-order valence-electron chi connectivity index (χ1n) is 7.78. The van der Waals surface area contributed by atoms with E-state index < -0.39 is 0 Å². The number of piperidine rings is 1. The van der Waals surface area contributed by atoms with E-state index in [2.05, 4.69) is 24.1 Å². The van der Waals surface area contributed by atoms with Gasteiger partial charge in [-0.2, -0.15) is 0 Å². The van der Waals surface area contributed by atoms with Crippen molar-refractivity contribution in [2.45, 2.75) is 70.5 Å². The second-order valence-corrected chi connectivity index (χ2v) is 6.53. The number of nitrogens with one attached hydrogen (secondary N) is 1. The lowest BCUT2D eigenvalue weighted by atomic mass is 9.93. The Morgan fingerprint density at radius 3 is 2.24 bits per heavy atom. The molecule has 0 aromatic carbocycles. The third-order valence-corrected chi connectivity index (χ3v) is 5.01. The number of rotatable bonds is 5. The van der Waals surface area contributed by atoms with Crippen molar-refractivity contribution in [3.05, 3.63) is 0 Å². The molecule has 1 N–H and O–H groups in total. The van der Waals surface area contributed by atoms with Crippen molar-refractivity contribution in [2.75, 3.05) is 13.1 Å². The summed E-state index contributed by atoms with van der Waals surface area (Å²) < 4.78 is 0. The minimum absolute atomic E-state index is 0.783. The second-order valence-electron chi connectivity index (χ2n) is 6.53. The Hall–Kier alpha value is -0.0800. The van der Waals surface area contributed by atoms with E-state index in [1.807, 2.05) is 0 Å². The topological polar surface area (TPSA) is 15.3 Å². The van der Waals surface area contributed by atoms with E-state index in [1.165, 1.54) is 45.1 Å². The Labute approximate surface area is 106 Å². The van der Waals surface area contributed by atoms with Crippen LogP contribution in [-0.2, 0) is 0 Å². The van der Waals surface area contributed by atoms with Crippen LogP contribution in [0.3, 0.4) is 0 Å². The summed E-state index contributed by atoms with van der Waals surface area (Å²) in [5, 5.41) is 3.64. The molecule has 2 aliphatic carbocycles. The summed E-state index contributed by atoms with van der Waals surface area (Å²) >= 11 is 0. The van der Waals surface area contributed by atoms with Crippen LogP contribution in [0.2, 0.25) is 0 Å². The molecule has 2 heteroatoms. The van der Waals surface area contributed by atoms with Crippen molar-refractivity contribution in [3.8, 4) is 0 Å². The van der Waals surface area contributed by atoms with Gasteiger partial charge in [-0.25, -0.2) is 0 Å². The largest absolute Gasteiger partial charge is 0.314 e. The quantitative estimate of drug-likeness (QED) is 0.789. The standard InChI is InChI=1S/C15H28N2/c1-3-16-14-8-9-17(11(2)10-14)15(12-4-5-12)13-6-7-13/h11-16H,3-10H2,1-2H3.